The van der Waals surface area contributed by atoms with Crippen molar-refractivity contribution in [2.24, 2.45) is 5.92 Å². The second kappa shape index (κ2) is 4.39. The molecular weight excluding hydrogens is 220 g/mol. The van der Waals surface area contributed by atoms with Gasteiger partial charge in [-0.1, -0.05) is 19.8 Å². The summed E-state index contributed by atoms with van der Waals surface area (Å²) in [6.45, 7) is 3.60. The molecule has 17 heavy (non-hydrogen) atoms. The molecule has 1 aliphatic carbocycles. The quantitative estimate of drug-likeness (QED) is 0.774. The molecular formula is C12H18N2O3. The van der Waals surface area contributed by atoms with Crippen LogP contribution in [0.5, 0.6) is 5.88 Å². The summed E-state index contributed by atoms with van der Waals surface area (Å²) < 4.78 is 1.35. The lowest BCUT2D eigenvalue weighted by Crippen LogP contribution is -2.36. The summed E-state index contributed by atoms with van der Waals surface area (Å²) in [7, 11) is 0. The van der Waals surface area contributed by atoms with Crippen molar-refractivity contribution in [1.29, 1.82) is 0 Å². The molecule has 2 unspecified atom stereocenters. The first-order valence-corrected chi connectivity index (χ1v) is 6.06. The number of aromatic amines is 1. The molecule has 94 valence electrons. The van der Waals surface area contributed by atoms with Crippen molar-refractivity contribution in [3.05, 3.63) is 26.4 Å². The van der Waals surface area contributed by atoms with E-state index in [9.17, 15) is 14.7 Å². The Kier molecular flexibility index (Phi) is 3.09. The van der Waals surface area contributed by atoms with Crippen LogP contribution in [-0.2, 0) is 0 Å². The SMILES string of the molecule is Cc1c(O)n(C2CCCCC2C)c(=O)[nH]c1=O. The average molecular weight is 238 g/mol. The molecule has 0 aromatic carbocycles. The first-order chi connectivity index (χ1) is 8.02. The third-order valence-electron chi connectivity index (χ3n) is 3.74. The second-order valence-corrected chi connectivity index (χ2v) is 4.91. The Bertz CT molecular complexity index is 530. The van der Waals surface area contributed by atoms with Gasteiger partial charge in [0.05, 0.1) is 5.56 Å². The fourth-order valence-corrected chi connectivity index (χ4v) is 2.62. The smallest absolute Gasteiger partial charge is 0.331 e. The fraction of sp³-hybridized carbons (Fsp3) is 0.667. The van der Waals surface area contributed by atoms with Crippen LogP contribution in [0.4, 0.5) is 0 Å². The summed E-state index contributed by atoms with van der Waals surface area (Å²) in [6, 6.07) is -0.00759. The lowest BCUT2D eigenvalue weighted by atomic mass is 9.85. The molecule has 0 radical (unpaired) electrons. The molecule has 2 N–H and O–H groups in total. The largest absolute Gasteiger partial charge is 0.494 e. The van der Waals surface area contributed by atoms with Gasteiger partial charge in [-0.3, -0.25) is 14.3 Å². The summed E-state index contributed by atoms with van der Waals surface area (Å²) in [5, 5.41) is 9.97. The van der Waals surface area contributed by atoms with Gasteiger partial charge in [0.1, 0.15) is 0 Å². The molecule has 1 aliphatic rings. The molecule has 2 rings (SSSR count). The molecule has 0 spiro atoms. The number of hydrogen-bond acceptors (Lipinski definition) is 3. The van der Waals surface area contributed by atoms with Gasteiger partial charge in [0.2, 0.25) is 5.88 Å². The highest BCUT2D eigenvalue weighted by atomic mass is 16.3. The molecule has 1 fully saturated rings. The van der Waals surface area contributed by atoms with Gasteiger partial charge in [0.15, 0.2) is 0 Å². The van der Waals surface area contributed by atoms with Gasteiger partial charge in [-0.05, 0) is 25.7 Å². The summed E-state index contributed by atoms with van der Waals surface area (Å²) in [6.07, 6.45) is 4.14. The Labute approximate surface area is 99.1 Å². The zero-order valence-electron chi connectivity index (χ0n) is 10.2. The van der Waals surface area contributed by atoms with E-state index in [-0.39, 0.29) is 17.5 Å². The van der Waals surface area contributed by atoms with E-state index in [0.717, 1.165) is 25.7 Å². The topological polar surface area (TPSA) is 75.1 Å². The molecule has 0 bridgehead atoms. The third-order valence-corrected chi connectivity index (χ3v) is 3.74. The van der Waals surface area contributed by atoms with Crippen LogP contribution < -0.4 is 11.2 Å². The van der Waals surface area contributed by atoms with Crippen LogP contribution >= 0.6 is 0 Å². The molecule has 1 saturated carbocycles. The van der Waals surface area contributed by atoms with Crippen LogP contribution in [0.1, 0.15) is 44.2 Å². The Morgan fingerprint density at radius 2 is 1.94 bits per heavy atom. The number of aromatic nitrogens is 2. The van der Waals surface area contributed by atoms with Crippen molar-refractivity contribution in [3.63, 3.8) is 0 Å². The molecule has 5 nitrogen and oxygen atoms in total. The fourth-order valence-electron chi connectivity index (χ4n) is 2.62. The van der Waals surface area contributed by atoms with E-state index in [1.165, 1.54) is 11.5 Å². The summed E-state index contributed by atoms with van der Waals surface area (Å²) in [5.41, 5.74) is -0.800. The highest BCUT2D eigenvalue weighted by Gasteiger charge is 2.26. The Morgan fingerprint density at radius 1 is 1.29 bits per heavy atom. The van der Waals surface area contributed by atoms with E-state index in [4.69, 9.17) is 0 Å². The minimum Gasteiger partial charge on any atom is -0.494 e. The number of nitrogens with one attached hydrogen (secondary N) is 1. The number of H-pyrrole nitrogens is 1. The Hall–Kier alpha value is -1.52. The molecule has 1 aromatic heterocycles. The monoisotopic (exact) mass is 238 g/mol. The summed E-state index contributed by atoms with van der Waals surface area (Å²) >= 11 is 0. The van der Waals surface area contributed by atoms with Crippen molar-refractivity contribution in [3.8, 4) is 5.88 Å². The highest BCUT2D eigenvalue weighted by Crippen LogP contribution is 2.34. The molecule has 5 heteroatoms. The molecule has 0 aliphatic heterocycles. The molecule has 0 saturated heterocycles. The van der Waals surface area contributed by atoms with Gasteiger partial charge in [-0.2, -0.15) is 0 Å². The van der Waals surface area contributed by atoms with Crippen LogP contribution in [-0.4, -0.2) is 14.7 Å². The maximum Gasteiger partial charge on any atom is 0.331 e. The maximum atomic E-state index is 11.8. The van der Waals surface area contributed by atoms with Gasteiger partial charge in [0, 0.05) is 6.04 Å². The number of rotatable bonds is 1. The van der Waals surface area contributed by atoms with E-state index in [1.54, 1.807) is 0 Å². The predicted octanol–water partition coefficient (Wildman–Crippen LogP) is 1.30. The summed E-state index contributed by atoms with van der Waals surface area (Å²) in [5.74, 6) is 0.162. The minimum absolute atomic E-state index is 0.00759. The molecule has 1 heterocycles. The third kappa shape index (κ3) is 2.01. The zero-order chi connectivity index (χ0) is 12.6. The number of aromatic hydroxyl groups is 1. The van der Waals surface area contributed by atoms with Crippen LogP contribution in [0.3, 0.4) is 0 Å². The van der Waals surface area contributed by atoms with Crippen LogP contribution in [0.15, 0.2) is 9.59 Å². The predicted molar refractivity (Wildman–Crippen MR) is 64.4 cm³/mol. The van der Waals surface area contributed by atoms with Gasteiger partial charge in [-0.15, -0.1) is 0 Å². The highest BCUT2D eigenvalue weighted by molar-refractivity contribution is 5.21. The maximum absolute atomic E-state index is 11.8. The average Bonchev–Trinajstić information content (AvgIpc) is 2.29. The van der Waals surface area contributed by atoms with Gasteiger partial charge >= 0.3 is 5.69 Å². The van der Waals surface area contributed by atoms with E-state index in [1.807, 2.05) is 0 Å². The van der Waals surface area contributed by atoms with Crippen molar-refractivity contribution in [2.45, 2.75) is 45.6 Å². The number of nitrogens with zero attached hydrogens (tertiary/aromatic N) is 1. The van der Waals surface area contributed by atoms with E-state index < -0.39 is 11.2 Å². The molecule has 0 amide bonds. The van der Waals surface area contributed by atoms with E-state index in [0.29, 0.717) is 5.92 Å². The zero-order valence-corrected chi connectivity index (χ0v) is 10.2. The lowest BCUT2D eigenvalue weighted by molar-refractivity contribution is 0.227. The normalized spacial score (nSPS) is 24.8. The Morgan fingerprint density at radius 3 is 2.59 bits per heavy atom. The summed E-state index contributed by atoms with van der Waals surface area (Å²) in [4.78, 5) is 25.4. The minimum atomic E-state index is -0.507. The first kappa shape index (κ1) is 12.0. The standard InChI is InChI=1S/C12H18N2O3/c1-7-5-3-4-6-9(7)14-11(16)8(2)10(15)13-12(14)17/h7,9,16H,3-6H2,1-2H3,(H,13,15,17). The van der Waals surface area contributed by atoms with Gasteiger partial charge in [-0.25, -0.2) is 4.79 Å². The van der Waals surface area contributed by atoms with Crippen molar-refractivity contribution in [1.82, 2.24) is 9.55 Å². The van der Waals surface area contributed by atoms with Crippen LogP contribution in [0.25, 0.3) is 0 Å². The van der Waals surface area contributed by atoms with E-state index in [2.05, 4.69) is 11.9 Å². The second-order valence-electron chi connectivity index (χ2n) is 4.91. The van der Waals surface area contributed by atoms with E-state index >= 15 is 0 Å². The molecule has 1 aromatic rings. The van der Waals surface area contributed by atoms with Crippen molar-refractivity contribution >= 4 is 0 Å². The lowest BCUT2D eigenvalue weighted by Gasteiger charge is -2.30. The van der Waals surface area contributed by atoms with Crippen LogP contribution in [0.2, 0.25) is 0 Å². The number of hydrogen-bond donors (Lipinski definition) is 2. The van der Waals surface area contributed by atoms with Gasteiger partial charge in [0.25, 0.3) is 5.56 Å². The van der Waals surface area contributed by atoms with Crippen molar-refractivity contribution in [2.75, 3.05) is 0 Å². The first-order valence-electron chi connectivity index (χ1n) is 6.06. The molecule has 2 atom stereocenters. The van der Waals surface area contributed by atoms with Gasteiger partial charge < -0.3 is 5.11 Å². The van der Waals surface area contributed by atoms with Crippen LogP contribution in [0, 0.1) is 12.8 Å². The Balaban J connectivity index is 2.55. The van der Waals surface area contributed by atoms with Crippen molar-refractivity contribution < 1.29 is 5.11 Å².